The van der Waals surface area contributed by atoms with Gasteiger partial charge in [-0.3, -0.25) is 23.4 Å². The zero-order valence-corrected chi connectivity index (χ0v) is 57.9. The van der Waals surface area contributed by atoms with Crippen LogP contribution in [0.3, 0.4) is 0 Å². The molecule has 0 saturated carbocycles. The quantitative estimate of drug-likeness (QED) is 0.0163. The molecule has 0 radical (unpaired) electrons. The van der Waals surface area contributed by atoms with Crippen molar-refractivity contribution in [3.8, 4) is 0 Å². The molecular formula is C66H128N2O19P2. The number of aliphatic hydroxyl groups excluding tert-OH is 1. The van der Waals surface area contributed by atoms with Crippen LogP contribution in [0.25, 0.3) is 0 Å². The smallest absolute Gasteiger partial charge is 0.412 e. The van der Waals surface area contributed by atoms with Gasteiger partial charge in [0.2, 0.25) is 11.8 Å². The average Bonchev–Trinajstić information content (AvgIpc) is 1.01. The SMILES string of the molecule is CCCCCC/C=C\CCCCCCCCCC(=O)N[C@H]1[C@H](OC[C@H]2O[C@H](OP=O)[C@H](NC(=O)CC(=O)CCCCCCCCCCC)[C@@H](OCCCCCCCCCC)[C@@H]2O)O[C@H](COC)[C@@H](OP(=O)(O)O)[C@@H]1OCC[C@@H](CCCCCCC)OC.O.O. The molecule has 2 fully saturated rings. The van der Waals surface area contributed by atoms with E-state index in [9.17, 15) is 38.4 Å². The molecule has 0 aromatic heterocycles. The average molecular weight is 1320 g/mol. The zero-order chi connectivity index (χ0) is 63.6. The number of aliphatic hydroxyl groups is 1. The van der Waals surface area contributed by atoms with E-state index in [1.807, 2.05) is 0 Å². The Bertz CT molecular complexity index is 1790. The van der Waals surface area contributed by atoms with Crippen LogP contribution in [0.1, 0.15) is 285 Å². The number of nitrogens with one attached hydrogen (secondary N) is 2. The van der Waals surface area contributed by atoms with Crippen molar-refractivity contribution in [3.63, 3.8) is 0 Å². The maximum Gasteiger partial charge on any atom is 0.470 e. The monoisotopic (exact) mass is 1310 g/mol. The van der Waals surface area contributed by atoms with Crippen molar-refractivity contribution in [2.45, 2.75) is 352 Å². The lowest BCUT2D eigenvalue weighted by Crippen LogP contribution is -2.67. The number of carbonyl (C=O) groups excluding carboxylic acids is 3. The van der Waals surface area contributed by atoms with Gasteiger partial charge in [0, 0.05) is 40.3 Å². The standard InChI is InChI=1S/C66H124N2O17P2.2H2O/c1-7-11-15-19-22-25-26-27-28-29-30-32-34-38-42-46-57(70)67-60-64(80-49-47-54(78-6)45-41-36-18-14-10-4)62(85-87(74,75)76)56(51-77-5)83-65(60)81-52-55-61(72)63(79-48-43-39-35-24-21-17-13-9-3)59(66(82-55)84-86-73)68-58(71)50-53(69)44-40-37-33-31-23-20-16-12-8-2;;/h25-26,54-56,59-66,72H,7-24,27-52H2,1-6H3,(H,67,70)(H,68,71)(H2,74,75,76);2*1H2/b26-25-;;/t54-,55-,56-,59-,60-,61-,62-,63-,64-,65-,66-;;/m1../s1. The number of hydrogen-bond acceptors (Lipinski definition) is 15. The van der Waals surface area contributed by atoms with Crippen molar-refractivity contribution >= 4 is 34.1 Å². The highest BCUT2D eigenvalue weighted by atomic mass is 31.2. The first-order chi connectivity index (χ1) is 42.3. The summed E-state index contributed by atoms with van der Waals surface area (Å²) in [4.78, 5) is 61.5. The van der Waals surface area contributed by atoms with Gasteiger partial charge in [0.1, 0.15) is 54.5 Å². The van der Waals surface area contributed by atoms with Crippen LogP contribution in [0.15, 0.2) is 12.2 Å². The Kier molecular flexibility index (Phi) is 56.3. The molecule has 21 nitrogen and oxygen atoms in total. The molecule has 0 unspecified atom stereocenters. The van der Waals surface area contributed by atoms with Crippen LogP contribution >= 0.6 is 16.5 Å². The predicted molar refractivity (Wildman–Crippen MR) is 350 cm³/mol. The van der Waals surface area contributed by atoms with Crippen LogP contribution in [0.4, 0.5) is 0 Å². The number of amides is 2. The molecule has 2 aliphatic heterocycles. The lowest BCUT2D eigenvalue weighted by atomic mass is 9.95. The van der Waals surface area contributed by atoms with E-state index in [1.165, 1.54) is 77.7 Å². The van der Waals surface area contributed by atoms with Gasteiger partial charge in [-0.25, -0.2) is 9.13 Å². The molecule has 2 rings (SSSR count). The maximum absolute atomic E-state index is 14.1. The first kappa shape index (κ1) is 87.1. The number of carbonyl (C=O) groups is 3. The van der Waals surface area contributed by atoms with Gasteiger partial charge in [-0.1, -0.05) is 220 Å². The van der Waals surface area contributed by atoms with Gasteiger partial charge in [-0.2, -0.15) is 0 Å². The van der Waals surface area contributed by atoms with Gasteiger partial charge >= 0.3 is 16.5 Å². The normalized spacial score (nSPS) is 22.4. The molecule has 11 atom stereocenters. The van der Waals surface area contributed by atoms with E-state index in [4.69, 9.17) is 42.2 Å². The number of ether oxygens (including phenoxy) is 7. The van der Waals surface area contributed by atoms with Crippen LogP contribution in [0.5, 0.6) is 0 Å². The molecule has 9 N–H and O–H groups in total. The van der Waals surface area contributed by atoms with Crippen molar-refractivity contribution in [1.82, 2.24) is 10.6 Å². The molecule has 23 heteroatoms. The summed E-state index contributed by atoms with van der Waals surface area (Å²) in [5, 5.41) is 18.1. The van der Waals surface area contributed by atoms with Gasteiger partial charge in [0.25, 0.3) is 0 Å². The lowest BCUT2D eigenvalue weighted by Gasteiger charge is -2.47. The van der Waals surface area contributed by atoms with Gasteiger partial charge < -0.3 is 69.6 Å². The molecule has 0 spiro atoms. The Morgan fingerprint density at radius 2 is 0.989 bits per heavy atom. The van der Waals surface area contributed by atoms with E-state index >= 15 is 0 Å². The van der Waals surface area contributed by atoms with Crippen LogP contribution in [0.2, 0.25) is 0 Å². The minimum atomic E-state index is -5.22. The first-order valence-corrected chi connectivity index (χ1v) is 36.9. The summed E-state index contributed by atoms with van der Waals surface area (Å²) in [7, 11) is -2.98. The minimum Gasteiger partial charge on any atom is -0.412 e. The van der Waals surface area contributed by atoms with Crippen molar-refractivity contribution < 1.29 is 91.6 Å². The Labute approximate surface area is 538 Å². The predicted octanol–water partition coefficient (Wildman–Crippen LogP) is 13.1. The largest absolute Gasteiger partial charge is 0.470 e. The number of phosphoric acid groups is 1. The number of rotatable bonds is 59. The third-order valence-electron chi connectivity index (χ3n) is 16.7. The van der Waals surface area contributed by atoms with Crippen molar-refractivity contribution in [1.29, 1.82) is 0 Å². The third kappa shape index (κ3) is 42.2. The van der Waals surface area contributed by atoms with E-state index < -0.39 is 96.7 Å². The van der Waals surface area contributed by atoms with Crippen LogP contribution in [-0.4, -0.2) is 151 Å². The van der Waals surface area contributed by atoms with E-state index in [-0.39, 0.29) is 61.4 Å². The number of Topliss-reactive ketones (excluding diaryl/α,β-unsaturated/α-hetero) is 1. The fraction of sp³-hybridized carbons (Fsp3) is 0.924. The Hall–Kier alpha value is -1.88. The third-order valence-corrected chi connectivity index (χ3v) is 17.6. The minimum absolute atomic E-state index is 0. The summed E-state index contributed by atoms with van der Waals surface area (Å²) in [5.74, 6) is -1.22. The maximum atomic E-state index is 14.1. The molecular weight excluding hydrogens is 1190 g/mol. The summed E-state index contributed by atoms with van der Waals surface area (Å²) >= 11 is 0. The zero-order valence-electron chi connectivity index (χ0n) is 56.1. The van der Waals surface area contributed by atoms with E-state index in [0.717, 1.165) is 141 Å². The molecule has 2 aliphatic rings. The number of unbranched alkanes of at least 4 members (excludes halogenated alkanes) is 30. The van der Waals surface area contributed by atoms with E-state index in [2.05, 4.69) is 50.5 Å². The second kappa shape index (κ2) is 57.6. The fourth-order valence-corrected chi connectivity index (χ4v) is 12.4. The molecule has 2 heterocycles. The Balaban J connectivity index is 0.0000387. The second-order valence-electron chi connectivity index (χ2n) is 24.4. The highest BCUT2D eigenvalue weighted by Crippen LogP contribution is 2.43. The summed E-state index contributed by atoms with van der Waals surface area (Å²) in [6.07, 6.45) is 32.6. The van der Waals surface area contributed by atoms with Crippen LogP contribution in [-0.2, 0) is 65.7 Å². The lowest BCUT2D eigenvalue weighted by molar-refractivity contribution is -0.299. The molecule has 0 aromatic carbocycles. The number of hydrogen-bond donors (Lipinski definition) is 5. The number of phosphoric ester groups is 1. The Morgan fingerprint density at radius 3 is 1.52 bits per heavy atom. The van der Waals surface area contributed by atoms with Gasteiger partial charge in [0.15, 0.2) is 12.6 Å². The van der Waals surface area contributed by atoms with Gasteiger partial charge in [0.05, 0.1) is 25.7 Å². The van der Waals surface area contributed by atoms with Crippen LogP contribution in [0, 0.1) is 0 Å². The van der Waals surface area contributed by atoms with Crippen molar-refractivity contribution in [3.05, 3.63) is 12.2 Å². The molecule has 2 amide bonds. The molecule has 0 bridgehead atoms. The second-order valence-corrected chi connectivity index (χ2v) is 26.0. The van der Waals surface area contributed by atoms with Gasteiger partial charge in [-0.15, -0.1) is 0 Å². The number of methoxy groups -OCH3 is 2. The number of allylic oxidation sites excluding steroid dienone is 2. The fourth-order valence-electron chi connectivity index (χ4n) is 11.6. The van der Waals surface area contributed by atoms with Crippen molar-refractivity contribution in [2.24, 2.45) is 0 Å². The Morgan fingerprint density at radius 1 is 0.528 bits per heavy atom. The highest BCUT2D eigenvalue weighted by molar-refractivity contribution is 7.46. The molecule has 2 saturated heterocycles. The first-order valence-electron chi connectivity index (χ1n) is 34.6. The summed E-state index contributed by atoms with van der Waals surface area (Å²) in [6.45, 7) is 8.36. The van der Waals surface area contributed by atoms with E-state index in [0.29, 0.717) is 25.7 Å². The topological polar surface area (TPSA) is 316 Å². The van der Waals surface area contributed by atoms with E-state index in [1.54, 1.807) is 7.11 Å². The van der Waals surface area contributed by atoms with Crippen LogP contribution < -0.4 is 10.6 Å². The number of ketones is 1. The molecule has 89 heavy (non-hydrogen) atoms. The molecule has 526 valence electrons. The van der Waals surface area contributed by atoms with Crippen molar-refractivity contribution in [2.75, 3.05) is 40.6 Å². The molecule has 0 aromatic rings. The highest BCUT2D eigenvalue weighted by Gasteiger charge is 2.53. The summed E-state index contributed by atoms with van der Waals surface area (Å²) < 4.78 is 79.6. The summed E-state index contributed by atoms with van der Waals surface area (Å²) in [6, 6.07) is -2.43. The molecule has 0 aliphatic carbocycles. The van der Waals surface area contributed by atoms with Gasteiger partial charge in [-0.05, 0) is 57.8 Å². The summed E-state index contributed by atoms with van der Waals surface area (Å²) in [5.41, 5.74) is 0.